The first-order valence-corrected chi connectivity index (χ1v) is 3.85. The van der Waals surface area contributed by atoms with Crippen molar-refractivity contribution < 1.29 is 9.90 Å². The Kier molecular flexibility index (Phi) is 1.55. The van der Waals surface area contributed by atoms with Crippen molar-refractivity contribution in [3.8, 4) is 0 Å². The highest BCUT2D eigenvalue weighted by Gasteiger charge is 2.04. The zero-order valence-electron chi connectivity index (χ0n) is 7.06. The number of carboxylic acid groups (broad SMARTS) is 1. The van der Waals surface area contributed by atoms with Gasteiger partial charge in [0.15, 0.2) is 0 Å². The van der Waals surface area contributed by atoms with Gasteiger partial charge < -0.3 is 5.11 Å². The Morgan fingerprint density at radius 3 is 3.00 bits per heavy atom. The van der Waals surface area contributed by atoms with E-state index in [0.717, 1.165) is 11.1 Å². The first-order valence-electron chi connectivity index (χ1n) is 3.85. The van der Waals surface area contributed by atoms with Crippen molar-refractivity contribution in [1.29, 1.82) is 0 Å². The Morgan fingerprint density at radius 1 is 1.54 bits per heavy atom. The van der Waals surface area contributed by atoms with Crippen LogP contribution in [0.1, 0.15) is 15.9 Å². The third-order valence-electron chi connectivity index (χ3n) is 1.84. The Morgan fingerprint density at radius 2 is 2.31 bits per heavy atom. The lowest BCUT2D eigenvalue weighted by Gasteiger charge is -1.94. The van der Waals surface area contributed by atoms with Crippen LogP contribution >= 0.6 is 0 Å². The summed E-state index contributed by atoms with van der Waals surface area (Å²) >= 11 is 0. The Labute approximate surface area is 74.4 Å². The molecule has 0 saturated carbocycles. The summed E-state index contributed by atoms with van der Waals surface area (Å²) in [4.78, 5) is 10.6. The second kappa shape index (κ2) is 2.58. The summed E-state index contributed by atoms with van der Waals surface area (Å²) in [5, 5.41) is 12.7. The molecule has 0 bridgehead atoms. The maximum absolute atomic E-state index is 10.6. The Hall–Kier alpha value is -1.84. The SMILES string of the molecule is Cc1cc2cc(C(=O)O)cnn2c1. The summed E-state index contributed by atoms with van der Waals surface area (Å²) in [6.45, 7) is 1.94. The molecule has 2 rings (SSSR count). The molecule has 0 aromatic carbocycles. The summed E-state index contributed by atoms with van der Waals surface area (Å²) in [6, 6.07) is 3.49. The van der Waals surface area contributed by atoms with E-state index in [1.54, 1.807) is 10.6 Å². The van der Waals surface area contributed by atoms with Crippen molar-refractivity contribution in [3.63, 3.8) is 0 Å². The molecule has 0 aliphatic rings. The molecule has 4 heteroatoms. The summed E-state index contributed by atoms with van der Waals surface area (Å²) in [7, 11) is 0. The fourth-order valence-electron chi connectivity index (χ4n) is 1.25. The van der Waals surface area contributed by atoms with Crippen LogP contribution in [0.4, 0.5) is 0 Å². The highest BCUT2D eigenvalue weighted by atomic mass is 16.4. The van der Waals surface area contributed by atoms with Gasteiger partial charge in [0.25, 0.3) is 0 Å². The van der Waals surface area contributed by atoms with Gasteiger partial charge in [-0.25, -0.2) is 9.31 Å². The van der Waals surface area contributed by atoms with E-state index in [4.69, 9.17) is 5.11 Å². The van der Waals surface area contributed by atoms with Crippen LogP contribution in [0.3, 0.4) is 0 Å². The average Bonchev–Trinajstić information content (AvgIpc) is 2.42. The third kappa shape index (κ3) is 1.26. The van der Waals surface area contributed by atoms with E-state index in [0.29, 0.717) is 0 Å². The molecule has 1 N–H and O–H groups in total. The molecule has 0 amide bonds. The van der Waals surface area contributed by atoms with E-state index in [1.165, 1.54) is 6.20 Å². The summed E-state index contributed by atoms with van der Waals surface area (Å²) in [5.74, 6) is -0.950. The molecular weight excluding hydrogens is 168 g/mol. The predicted molar refractivity (Wildman–Crippen MR) is 46.9 cm³/mol. The zero-order chi connectivity index (χ0) is 9.42. The topological polar surface area (TPSA) is 54.6 Å². The quantitative estimate of drug-likeness (QED) is 0.713. The van der Waals surface area contributed by atoms with Crippen LogP contribution in [-0.4, -0.2) is 20.7 Å². The smallest absolute Gasteiger partial charge is 0.337 e. The maximum atomic E-state index is 10.6. The molecule has 0 aliphatic heterocycles. The Balaban J connectivity index is 2.67. The molecule has 2 aromatic heterocycles. The number of hydrogen-bond acceptors (Lipinski definition) is 2. The number of carbonyl (C=O) groups is 1. The third-order valence-corrected chi connectivity index (χ3v) is 1.84. The van der Waals surface area contributed by atoms with Crippen molar-refractivity contribution in [2.24, 2.45) is 0 Å². The fraction of sp³-hybridized carbons (Fsp3) is 0.111. The van der Waals surface area contributed by atoms with Crippen molar-refractivity contribution in [3.05, 3.63) is 35.7 Å². The second-order valence-corrected chi connectivity index (χ2v) is 2.94. The number of hydrogen-bond donors (Lipinski definition) is 1. The lowest BCUT2D eigenvalue weighted by atomic mass is 10.3. The maximum Gasteiger partial charge on any atom is 0.337 e. The number of aromatic nitrogens is 2. The van der Waals surface area contributed by atoms with Gasteiger partial charge in [0, 0.05) is 6.20 Å². The van der Waals surface area contributed by atoms with Crippen LogP contribution < -0.4 is 0 Å². The van der Waals surface area contributed by atoms with E-state index in [2.05, 4.69) is 5.10 Å². The highest BCUT2D eigenvalue weighted by Crippen LogP contribution is 2.09. The lowest BCUT2D eigenvalue weighted by Crippen LogP contribution is -1.99. The fourth-order valence-corrected chi connectivity index (χ4v) is 1.25. The van der Waals surface area contributed by atoms with Crippen molar-refractivity contribution in [2.75, 3.05) is 0 Å². The number of nitrogens with zero attached hydrogens (tertiary/aromatic N) is 2. The molecule has 0 radical (unpaired) electrons. The second-order valence-electron chi connectivity index (χ2n) is 2.94. The number of fused-ring (bicyclic) bond motifs is 1. The minimum atomic E-state index is -0.950. The van der Waals surface area contributed by atoms with Crippen LogP contribution in [0.2, 0.25) is 0 Å². The molecular formula is C9H8N2O2. The molecule has 2 aromatic rings. The first kappa shape index (κ1) is 7.79. The van der Waals surface area contributed by atoms with Crippen LogP contribution in [0.5, 0.6) is 0 Å². The number of carboxylic acids is 1. The van der Waals surface area contributed by atoms with Crippen LogP contribution in [0.15, 0.2) is 24.5 Å². The van der Waals surface area contributed by atoms with E-state index >= 15 is 0 Å². The number of aromatic carboxylic acids is 1. The van der Waals surface area contributed by atoms with Crippen LogP contribution in [0.25, 0.3) is 5.52 Å². The number of aryl methyl sites for hydroxylation is 1. The lowest BCUT2D eigenvalue weighted by molar-refractivity contribution is 0.0696. The first-order chi connectivity index (χ1) is 6.16. The molecule has 0 spiro atoms. The van der Waals surface area contributed by atoms with Gasteiger partial charge in [-0.2, -0.15) is 5.10 Å². The van der Waals surface area contributed by atoms with Crippen LogP contribution in [0, 0.1) is 6.92 Å². The minimum Gasteiger partial charge on any atom is -0.478 e. The number of rotatable bonds is 1. The van der Waals surface area contributed by atoms with Gasteiger partial charge in [0.1, 0.15) is 0 Å². The van der Waals surface area contributed by atoms with Crippen LogP contribution in [-0.2, 0) is 0 Å². The van der Waals surface area contributed by atoms with E-state index < -0.39 is 5.97 Å². The molecule has 0 saturated heterocycles. The zero-order valence-corrected chi connectivity index (χ0v) is 7.06. The molecule has 0 unspecified atom stereocenters. The van der Waals surface area contributed by atoms with Gasteiger partial charge in [0.05, 0.1) is 17.3 Å². The van der Waals surface area contributed by atoms with E-state index in [9.17, 15) is 4.79 Å². The predicted octanol–water partition coefficient (Wildman–Crippen LogP) is 1.34. The molecule has 4 nitrogen and oxygen atoms in total. The molecule has 0 fully saturated rings. The molecule has 0 atom stereocenters. The summed E-state index contributed by atoms with van der Waals surface area (Å²) in [6.07, 6.45) is 3.19. The Bertz CT molecular complexity index is 473. The van der Waals surface area contributed by atoms with Gasteiger partial charge in [0.2, 0.25) is 0 Å². The van der Waals surface area contributed by atoms with Gasteiger partial charge in [-0.05, 0) is 24.6 Å². The summed E-state index contributed by atoms with van der Waals surface area (Å²) < 4.78 is 1.65. The normalized spacial score (nSPS) is 10.5. The molecule has 13 heavy (non-hydrogen) atoms. The molecule has 0 aliphatic carbocycles. The minimum absolute atomic E-state index is 0.214. The standard InChI is InChI=1S/C9H8N2O2/c1-6-2-8-3-7(9(12)13)4-10-11(8)5-6/h2-5H,1H3,(H,12,13). The molecule has 2 heterocycles. The highest BCUT2D eigenvalue weighted by molar-refractivity contribution is 5.88. The van der Waals surface area contributed by atoms with Gasteiger partial charge in [-0.1, -0.05) is 0 Å². The van der Waals surface area contributed by atoms with Crippen molar-refractivity contribution in [2.45, 2.75) is 6.92 Å². The summed E-state index contributed by atoms with van der Waals surface area (Å²) in [5.41, 5.74) is 2.08. The van der Waals surface area contributed by atoms with Crippen molar-refractivity contribution in [1.82, 2.24) is 9.61 Å². The van der Waals surface area contributed by atoms with E-state index in [-0.39, 0.29) is 5.56 Å². The van der Waals surface area contributed by atoms with Gasteiger partial charge in [-0.3, -0.25) is 0 Å². The average molecular weight is 176 g/mol. The van der Waals surface area contributed by atoms with E-state index in [1.807, 2.05) is 19.2 Å². The largest absolute Gasteiger partial charge is 0.478 e. The van der Waals surface area contributed by atoms with Gasteiger partial charge in [-0.15, -0.1) is 0 Å². The molecule has 66 valence electrons. The monoisotopic (exact) mass is 176 g/mol. The van der Waals surface area contributed by atoms with Gasteiger partial charge >= 0.3 is 5.97 Å². The van der Waals surface area contributed by atoms with Crippen molar-refractivity contribution >= 4 is 11.5 Å².